The number of hydrogen-bond donors (Lipinski definition) is 1. The molecule has 14 heavy (non-hydrogen) atoms. The minimum absolute atomic E-state index is 0.409. The van der Waals surface area contributed by atoms with Crippen LogP contribution in [0.4, 0.5) is 0 Å². The van der Waals surface area contributed by atoms with Gasteiger partial charge in [0.15, 0.2) is 0 Å². The Bertz CT molecular complexity index is 366. The van der Waals surface area contributed by atoms with Gasteiger partial charge in [-0.1, -0.05) is 12.1 Å². The van der Waals surface area contributed by atoms with Crippen LogP contribution in [0.1, 0.15) is 5.56 Å². The molecule has 0 heterocycles. The number of amides is 1. The Kier molecular flexibility index (Phi) is 3.57. The highest BCUT2D eigenvalue weighted by molar-refractivity contribution is 5.92. The van der Waals surface area contributed by atoms with Crippen molar-refractivity contribution in [2.45, 2.75) is 6.54 Å². The Hall–Kier alpha value is -1.95. The quantitative estimate of drug-likeness (QED) is 0.719. The van der Waals surface area contributed by atoms with Crippen LogP contribution >= 0.6 is 0 Å². The van der Waals surface area contributed by atoms with Gasteiger partial charge in [0.05, 0.1) is 7.11 Å². The van der Waals surface area contributed by atoms with E-state index in [1.54, 1.807) is 7.11 Å². The van der Waals surface area contributed by atoms with Gasteiger partial charge in [-0.2, -0.15) is 0 Å². The number of ether oxygens (including phenoxy) is 1. The molecule has 0 radical (unpaired) electrons. The lowest BCUT2D eigenvalue weighted by molar-refractivity contribution is -0.115. The van der Waals surface area contributed by atoms with E-state index in [2.05, 4.69) is 5.32 Å². The number of hydrogen-bond acceptors (Lipinski definition) is 2. The first-order chi connectivity index (χ1) is 6.76. The molecule has 0 saturated heterocycles. The van der Waals surface area contributed by atoms with Gasteiger partial charge in [-0.25, -0.2) is 0 Å². The van der Waals surface area contributed by atoms with E-state index in [-0.39, 0.29) is 0 Å². The Labute approximate surface area is 83.1 Å². The van der Waals surface area contributed by atoms with Gasteiger partial charge in [0, 0.05) is 6.54 Å². The number of carbonyl (C=O) groups excluding carboxylic acids is 1. The maximum atomic E-state index is 10.8. The zero-order chi connectivity index (χ0) is 10.4. The Morgan fingerprint density at radius 1 is 1.64 bits per heavy atom. The largest absolute Gasteiger partial charge is 0.497 e. The summed E-state index contributed by atoms with van der Waals surface area (Å²) in [7, 11) is 1.60. The van der Waals surface area contributed by atoms with E-state index in [1.807, 2.05) is 30.2 Å². The fraction of sp³-hybridized carbons (Fsp3) is 0.182. The molecule has 0 aliphatic rings. The molecular weight excluding hydrogens is 178 g/mol. The molecule has 0 unspecified atom stereocenters. The lowest BCUT2D eigenvalue weighted by Crippen LogP contribution is -2.20. The zero-order valence-electron chi connectivity index (χ0n) is 7.91. The van der Waals surface area contributed by atoms with Crippen LogP contribution in [0.3, 0.4) is 0 Å². The van der Waals surface area contributed by atoms with Gasteiger partial charge in [0.1, 0.15) is 5.75 Å². The lowest BCUT2D eigenvalue weighted by atomic mass is 10.2. The zero-order valence-corrected chi connectivity index (χ0v) is 7.91. The van der Waals surface area contributed by atoms with Crippen LogP contribution < -0.4 is 10.1 Å². The maximum Gasteiger partial charge on any atom is 0.295 e. The van der Waals surface area contributed by atoms with Gasteiger partial charge in [-0.3, -0.25) is 4.79 Å². The third-order valence-corrected chi connectivity index (χ3v) is 1.72. The fourth-order valence-corrected chi connectivity index (χ4v) is 1.02. The number of rotatable bonds is 3. The van der Waals surface area contributed by atoms with Gasteiger partial charge in [0.2, 0.25) is 0 Å². The molecule has 3 nitrogen and oxygen atoms in total. The Morgan fingerprint density at radius 3 is 3.07 bits per heavy atom. The second kappa shape index (κ2) is 4.93. The van der Waals surface area contributed by atoms with E-state index in [9.17, 15) is 4.79 Å². The molecule has 72 valence electrons. The van der Waals surface area contributed by atoms with E-state index >= 15 is 0 Å². The molecule has 0 aliphatic carbocycles. The normalized spacial score (nSPS) is 8.86. The van der Waals surface area contributed by atoms with Gasteiger partial charge in [0.25, 0.3) is 5.91 Å². The summed E-state index contributed by atoms with van der Waals surface area (Å²) in [6, 6.07) is 7.43. The van der Waals surface area contributed by atoms with Crippen molar-refractivity contribution in [3.63, 3.8) is 0 Å². The highest BCUT2D eigenvalue weighted by Gasteiger charge is 1.97. The van der Waals surface area contributed by atoms with E-state index < -0.39 is 5.91 Å². The number of methoxy groups -OCH3 is 1. The minimum Gasteiger partial charge on any atom is -0.497 e. The van der Waals surface area contributed by atoms with Crippen LogP contribution in [0.5, 0.6) is 5.75 Å². The molecule has 0 bridgehead atoms. The van der Waals surface area contributed by atoms with Crippen molar-refractivity contribution < 1.29 is 9.53 Å². The topological polar surface area (TPSA) is 38.3 Å². The van der Waals surface area contributed by atoms with Crippen LogP contribution in [0.25, 0.3) is 0 Å². The van der Waals surface area contributed by atoms with Crippen LogP contribution in [0.15, 0.2) is 24.3 Å². The van der Waals surface area contributed by atoms with Crippen molar-refractivity contribution in [1.82, 2.24) is 5.32 Å². The predicted molar refractivity (Wildman–Crippen MR) is 53.7 cm³/mol. The maximum absolute atomic E-state index is 10.8. The first-order valence-corrected chi connectivity index (χ1v) is 4.13. The van der Waals surface area contributed by atoms with Gasteiger partial charge < -0.3 is 10.1 Å². The number of carbonyl (C=O) groups is 1. The number of terminal acetylenes is 1. The molecule has 0 aromatic heterocycles. The molecule has 0 aliphatic heterocycles. The smallest absolute Gasteiger partial charge is 0.295 e. The van der Waals surface area contributed by atoms with Crippen molar-refractivity contribution in [2.24, 2.45) is 0 Å². The van der Waals surface area contributed by atoms with Gasteiger partial charge >= 0.3 is 0 Å². The Balaban J connectivity index is 2.59. The summed E-state index contributed by atoms with van der Waals surface area (Å²) < 4.78 is 5.03. The van der Waals surface area contributed by atoms with Crippen LogP contribution in [-0.2, 0) is 11.3 Å². The molecule has 1 aromatic carbocycles. The molecule has 0 saturated carbocycles. The summed E-state index contributed by atoms with van der Waals surface area (Å²) in [5.74, 6) is 2.33. The van der Waals surface area contributed by atoms with Crippen LogP contribution in [-0.4, -0.2) is 13.0 Å². The van der Waals surface area contributed by atoms with Gasteiger partial charge in [-0.15, -0.1) is 6.42 Å². The standard InChI is InChI=1S/C11H11NO2/c1-3-11(13)12-8-9-5-4-6-10(7-9)14-2/h1,4-7H,8H2,2H3,(H,12,13). The van der Waals surface area contributed by atoms with E-state index in [0.29, 0.717) is 6.54 Å². The second-order valence-electron chi connectivity index (χ2n) is 2.68. The summed E-state index contributed by atoms with van der Waals surface area (Å²) in [6.45, 7) is 0.417. The van der Waals surface area contributed by atoms with E-state index in [0.717, 1.165) is 11.3 Å². The first kappa shape index (κ1) is 10.1. The minimum atomic E-state index is -0.409. The van der Waals surface area contributed by atoms with Gasteiger partial charge in [-0.05, 0) is 23.6 Å². The molecule has 0 fully saturated rings. The SMILES string of the molecule is C#CC(=O)NCc1cccc(OC)c1. The summed E-state index contributed by atoms with van der Waals surface area (Å²) in [5, 5.41) is 2.57. The Morgan fingerprint density at radius 2 is 2.43 bits per heavy atom. The van der Waals surface area contributed by atoms with E-state index in [1.165, 1.54) is 0 Å². The average molecular weight is 189 g/mol. The molecule has 1 amide bonds. The van der Waals surface area contributed by atoms with Crippen LogP contribution in [0, 0.1) is 12.3 Å². The molecular formula is C11H11NO2. The highest BCUT2D eigenvalue weighted by atomic mass is 16.5. The van der Waals surface area contributed by atoms with Crippen molar-refractivity contribution >= 4 is 5.91 Å². The van der Waals surface area contributed by atoms with Crippen molar-refractivity contribution in [3.8, 4) is 18.1 Å². The predicted octanol–water partition coefficient (Wildman–Crippen LogP) is 0.945. The third-order valence-electron chi connectivity index (χ3n) is 1.72. The molecule has 0 spiro atoms. The monoisotopic (exact) mass is 189 g/mol. The van der Waals surface area contributed by atoms with Crippen molar-refractivity contribution in [1.29, 1.82) is 0 Å². The number of benzene rings is 1. The summed E-state index contributed by atoms with van der Waals surface area (Å²) in [5.41, 5.74) is 0.952. The molecule has 1 aromatic rings. The second-order valence-corrected chi connectivity index (χ2v) is 2.68. The van der Waals surface area contributed by atoms with Crippen molar-refractivity contribution in [3.05, 3.63) is 29.8 Å². The molecule has 1 rings (SSSR count). The third kappa shape index (κ3) is 2.83. The molecule has 0 atom stereocenters. The number of nitrogens with one attached hydrogen (secondary N) is 1. The summed E-state index contributed by atoms with van der Waals surface area (Å²) in [4.78, 5) is 10.8. The summed E-state index contributed by atoms with van der Waals surface area (Å²) >= 11 is 0. The summed E-state index contributed by atoms with van der Waals surface area (Å²) in [6.07, 6.45) is 4.91. The fourth-order valence-electron chi connectivity index (χ4n) is 1.02. The van der Waals surface area contributed by atoms with Crippen molar-refractivity contribution in [2.75, 3.05) is 7.11 Å². The van der Waals surface area contributed by atoms with E-state index in [4.69, 9.17) is 11.2 Å². The molecule has 1 N–H and O–H groups in total. The average Bonchev–Trinajstić information content (AvgIpc) is 2.26. The highest BCUT2D eigenvalue weighted by Crippen LogP contribution is 2.11. The molecule has 3 heteroatoms. The lowest BCUT2D eigenvalue weighted by Gasteiger charge is -2.04. The first-order valence-electron chi connectivity index (χ1n) is 4.13. The van der Waals surface area contributed by atoms with Crippen LogP contribution in [0.2, 0.25) is 0 Å².